The number of hydrogen-bond donors (Lipinski definition) is 2. The Labute approximate surface area is 190 Å². The highest BCUT2D eigenvalue weighted by Crippen LogP contribution is 2.32. The molecule has 9 heteroatoms. The van der Waals surface area contributed by atoms with Gasteiger partial charge in [-0.25, -0.2) is 13.1 Å². The number of carbonyl (C=O) groups is 1. The highest BCUT2D eigenvalue weighted by molar-refractivity contribution is 7.90. The minimum Gasteiger partial charge on any atom is -0.383 e. The highest BCUT2D eigenvalue weighted by Gasteiger charge is 2.21. The van der Waals surface area contributed by atoms with Gasteiger partial charge in [-0.1, -0.05) is 0 Å². The molecule has 8 nitrogen and oxygen atoms in total. The molecule has 2 aromatic rings. The molecule has 1 aliphatic rings. The second-order valence-corrected chi connectivity index (χ2v) is 10.7. The predicted octanol–water partition coefficient (Wildman–Crippen LogP) is 2.24. The first-order valence-corrected chi connectivity index (χ1v) is 12.9. The van der Waals surface area contributed by atoms with Gasteiger partial charge in [0.15, 0.2) is 0 Å². The lowest BCUT2D eigenvalue weighted by Crippen LogP contribution is -2.34. The summed E-state index contributed by atoms with van der Waals surface area (Å²) in [6.07, 6.45) is 4.49. The maximum Gasteiger partial charge on any atom is 0.251 e. The van der Waals surface area contributed by atoms with Crippen LogP contribution in [0.3, 0.4) is 0 Å². The largest absolute Gasteiger partial charge is 0.383 e. The van der Waals surface area contributed by atoms with Crippen LogP contribution in [0.1, 0.15) is 48.3 Å². The Morgan fingerprint density at radius 2 is 1.88 bits per heavy atom. The van der Waals surface area contributed by atoms with Gasteiger partial charge in [-0.2, -0.15) is 0 Å². The number of sulfonamides is 1. The Kier molecular flexibility index (Phi) is 8.70. The van der Waals surface area contributed by atoms with Gasteiger partial charge in [-0.15, -0.1) is 0 Å². The molecule has 0 saturated carbocycles. The maximum atomic E-state index is 12.6. The molecule has 3 rings (SSSR count). The monoisotopic (exact) mass is 465 g/mol. The van der Waals surface area contributed by atoms with E-state index in [-0.39, 0.29) is 19.1 Å². The van der Waals surface area contributed by atoms with Crippen LogP contribution in [0.2, 0.25) is 0 Å². The van der Waals surface area contributed by atoms with Crippen LogP contribution in [0.5, 0.6) is 0 Å². The number of hydrogen-bond acceptors (Lipinski definition) is 5. The number of benzene rings is 1. The number of methoxy groups -OCH3 is 1. The summed E-state index contributed by atoms with van der Waals surface area (Å²) in [6.45, 7) is 5.89. The molecule has 0 atom stereocenters. The second-order valence-electron chi connectivity index (χ2n) is 8.37. The summed E-state index contributed by atoms with van der Waals surface area (Å²) in [4.78, 5) is 12.6. The van der Waals surface area contributed by atoms with Crippen LogP contribution in [0, 0.1) is 0 Å². The zero-order valence-corrected chi connectivity index (χ0v) is 20.1. The lowest BCUT2D eigenvalue weighted by Gasteiger charge is -2.15. The van der Waals surface area contributed by atoms with Gasteiger partial charge in [0.05, 0.1) is 25.1 Å². The summed E-state index contributed by atoms with van der Waals surface area (Å²) in [5.41, 5.74) is 4.55. The average molecular weight is 466 g/mol. The normalized spacial score (nSPS) is 14.1. The molecule has 0 spiro atoms. The van der Waals surface area contributed by atoms with Crippen LogP contribution in [0.25, 0.3) is 10.9 Å². The van der Waals surface area contributed by atoms with Crippen LogP contribution in [-0.2, 0) is 38.9 Å². The zero-order chi connectivity index (χ0) is 23.1. The number of aryl methyl sites for hydroxylation is 1. The van der Waals surface area contributed by atoms with E-state index < -0.39 is 15.3 Å². The number of fused-ring (bicyclic) bond motifs is 3. The topological polar surface area (TPSA) is 98.7 Å². The SMILES string of the molecule is COCCn1c2c(c3cc(C(=O)NCCOCCNS(=O)(=O)C(C)C)ccc31)CCCC2. The van der Waals surface area contributed by atoms with Crippen molar-refractivity contribution in [3.05, 3.63) is 35.0 Å². The Morgan fingerprint density at radius 3 is 2.62 bits per heavy atom. The lowest BCUT2D eigenvalue weighted by molar-refractivity contribution is 0.0919. The zero-order valence-electron chi connectivity index (χ0n) is 19.3. The number of ether oxygens (including phenoxy) is 2. The standard InChI is InChI=1S/C23H35N3O5S/c1-17(2)32(28,29)25-11-14-31-13-10-24-23(27)18-8-9-22-20(16-18)19-6-4-5-7-21(19)26(22)12-15-30-3/h8-9,16-17,25H,4-7,10-15H2,1-3H3,(H,24,27). The molecule has 0 fully saturated rings. The highest BCUT2D eigenvalue weighted by atomic mass is 32.2. The number of rotatable bonds is 12. The van der Waals surface area contributed by atoms with Crippen molar-refractivity contribution >= 4 is 26.8 Å². The van der Waals surface area contributed by atoms with E-state index in [1.165, 1.54) is 24.1 Å². The maximum absolute atomic E-state index is 12.6. The third-order valence-corrected chi connectivity index (χ3v) is 7.71. The molecule has 2 N–H and O–H groups in total. The Hall–Kier alpha value is -1.94. The number of aromatic nitrogens is 1. The van der Waals surface area contributed by atoms with Crippen molar-refractivity contribution in [1.82, 2.24) is 14.6 Å². The summed E-state index contributed by atoms with van der Waals surface area (Å²) in [6, 6.07) is 5.91. The van der Waals surface area contributed by atoms with Crippen molar-refractivity contribution in [3.8, 4) is 0 Å². The summed E-state index contributed by atoms with van der Waals surface area (Å²) in [5, 5.41) is 3.57. The molecule has 1 aromatic heterocycles. The summed E-state index contributed by atoms with van der Waals surface area (Å²) >= 11 is 0. The van der Waals surface area contributed by atoms with Crippen LogP contribution in [-0.4, -0.2) is 64.2 Å². The van der Waals surface area contributed by atoms with Crippen LogP contribution >= 0.6 is 0 Å². The number of nitrogens with one attached hydrogen (secondary N) is 2. The molecular weight excluding hydrogens is 430 g/mol. The minimum atomic E-state index is -3.28. The van der Waals surface area contributed by atoms with Gasteiger partial charge in [-0.3, -0.25) is 4.79 Å². The van der Waals surface area contributed by atoms with Gasteiger partial charge in [0.1, 0.15) is 0 Å². The Morgan fingerprint density at radius 1 is 1.12 bits per heavy atom. The molecule has 0 aliphatic heterocycles. The molecule has 0 bridgehead atoms. The molecule has 1 amide bonds. The molecular formula is C23H35N3O5S. The third-order valence-electron chi connectivity index (χ3n) is 5.86. The van der Waals surface area contributed by atoms with E-state index in [1.807, 2.05) is 18.2 Å². The summed E-state index contributed by atoms with van der Waals surface area (Å²) in [7, 11) is -1.56. The fourth-order valence-corrected chi connectivity index (χ4v) is 4.78. The average Bonchev–Trinajstić information content (AvgIpc) is 3.09. The molecule has 0 radical (unpaired) electrons. The predicted molar refractivity (Wildman–Crippen MR) is 126 cm³/mol. The summed E-state index contributed by atoms with van der Waals surface area (Å²) in [5.74, 6) is -0.134. The van der Waals surface area contributed by atoms with E-state index in [0.29, 0.717) is 25.3 Å². The van der Waals surface area contributed by atoms with Gasteiger partial charge in [0.2, 0.25) is 10.0 Å². The Bertz CT molecular complexity index is 1030. The number of carbonyl (C=O) groups excluding carboxylic acids is 1. The van der Waals surface area contributed by atoms with E-state index in [1.54, 1.807) is 21.0 Å². The molecule has 1 heterocycles. The van der Waals surface area contributed by atoms with Crippen molar-refractivity contribution in [1.29, 1.82) is 0 Å². The van der Waals surface area contributed by atoms with Gasteiger partial charge in [-0.05, 0) is 63.3 Å². The fourth-order valence-electron chi connectivity index (χ4n) is 4.08. The molecule has 1 aliphatic carbocycles. The fraction of sp³-hybridized carbons (Fsp3) is 0.609. The van der Waals surface area contributed by atoms with Gasteiger partial charge in [0, 0.05) is 48.9 Å². The van der Waals surface area contributed by atoms with Crippen molar-refractivity contribution < 1.29 is 22.7 Å². The van der Waals surface area contributed by atoms with E-state index in [2.05, 4.69) is 14.6 Å². The molecule has 178 valence electrons. The molecule has 32 heavy (non-hydrogen) atoms. The van der Waals surface area contributed by atoms with E-state index in [9.17, 15) is 13.2 Å². The first-order valence-electron chi connectivity index (χ1n) is 11.3. The van der Waals surface area contributed by atoms with Crippen LogP contribution < -0.4 is 10.0 Å². The van der Waals surface area contributed by atoms with Crippen LogP contribution in [0.15, 0.2) is 18.2 Å². The van der Waals surface area contributed by atoms with Gasteiger partial charge in [0.25, 0.3) is 5.91 Å². The van der Waals surface area contributed by atoms with Gasteiger partial charge >= 0.3 is 0 Å². The minimum absolute atomic E-state index is 0.134. The van der Waals surface area contributed by atoms with Crippen molar-refractivity contribution in [2.75, 3.05) is 40.0 Å². The number of amides is 1. The first-order chi connectivity index (χ1) is 15.3. The first kappa shape index (κ1) is 24.7. The molecule has 1 aromatic carbocycles. The second kappa shape index (κ2) is 11.3. The number of nitrogens with zero attached hydrogens (tertiary/aromatic N) is 1. The van der Waals surface area contributed by atoms with Crippen molar-refractivity contribution in [2.24, 2.45) is 0 Å². The molecule has 0 unspecified atom stereocenters. The van der Waals surface area contributed by atoms with Crippen LogP contribution in [0.4, 0.5) is 0 Å². The molecule has 0 saturated heterocycles. The lowest BCUT2D eigenvalue weighted by atomic mass is 9.95. The van der Waals surface area contributed by atoms with E-state index in [0.717, 1.165) is 30.3 Å². The van der Waals surface area contributed by atoms with E-state index in [4.69, 9.17) is 9.47 Å². The Balaban J connectivity index is 1.55. The van der Waals surface area contributed by atoms with Gasteiger partial charge < -0.3 is 19.4 Å². The quantitative estimate of drug-likeness (QED) is 0.469. The van der Waals surface area contributed by atoms with Crippen molar-refractivity contribution in [2.45, 2.75) is 51.3 Å². The smallest absolute Gasteiger partial charge is 0.251 e. The van der Waals surface area contributed by atoms with Crippen molar-refractivity contribution in [3.63, 3.8) is 0 Å². The van der Waals surface area contributed by atoms with E-state index >= 15 is 0 Å². The summed E-state index contributed by atoms with van der Waals surface area (Å²) < 4.78 is 38.9. The third kappa shape index (κ3) is 5.89.